The van der Waals surface area contributed by atoms with Crippen LogP contribution in [0.25, 0.3) is 0 Å². The molecule has 1 heteroatoms. The Balaban J connectivity index is 1.58. The van der Waals surface area contributed by atoms with Crippen LogP contribution >= 0.6 is 0 Å². The van der Waals surface area contributed by atoms with Gasteiger partial charge in [-0.2, -0.15) is 0 Å². The molecule has 0 bridgehead atoms. The van der Waals surface area contributed by atoms with E-state index < -0.39 is 0 Å². The smallest absolute Gasteiger partial charge is 0.115 e. The van der Waals surface area contributed by atoms with Crippen LogP contribution in [0.4, 0.5) is 0 Å². The van der Waals surface area contributed by atoms with Gasteiger partial charge < -0.3 is 5.11 Å². The summed E-state index contributed by atoms with van der Waals surface area (Å²) in [4.78, 5) is 0. The molecule has 0 unspecified atom stereocenters. The van der Waals surface area contributed by atoms with E-state index in [4.69, 9.17) is 0 Å². The number of aryl methyl sites for hydroxylation is 1. The Morgan fingerprint density at radius 1 is 1.08 bits per heavy atom. The molecule has 6 atom stereocenters. The van der Waals surface area contributed by atoms with Gasteiger partial charge in [0.2, 0.25) is 0 Å². The van der Waals surface area contributed by atoms with Crippen molar-refractivity contribution in [2.75, 3.05) is 0 Å². The molecule has 1 aromatic carbocycles. The van der Waals surface area contributed by atoms with Crippen LogP contribution in [0.15, 0.2) is 30.4 Å². The molecule has 0 radical (unpaired) electrons. The van der Waals surface area contributed by atoms with Gasteiger partial charge in [0.05, 0.1) is 0 Å². The maximum atomic E-state index is 9.85. The molecule has 0 aliphatic heterocycles. The van der Waals surface area contributed by atoms with E-state index in [1.54, 1.807) is 5.56 Å². The number of aromatic hydroxyl groups is 1. The van der Waals surface area contributed by atoms with E-state index >= 15 is 0 Å². The fourth-order valence-corrected chi connectivity index (χ4v) is 7.00. The summed E-state index contributed by atoms with van der Waals surface area (Å²) in [5, 5.41) is 9.85. The van der Waals surface area contributed by atoms with Crippen LogP contribution in [0.3, 0.4) is 0 Å². The number of phenolic OH excluding ortho intramolecular Hbond substituents is 1. The van der Waals surface area contributed by atoms with Crippen molar-refractivity contribution >= 4 is 0 Å². The van der Waals surface area contributed by atoms with Crippen LogP contribution in [0.5, 0.6) is 5.75 Å². The lowest BCUT2D eigenvalue weighted by molar-refractivity contribution is 0.0178. The van der Waals surface area contributed by atoms with Crippen molar-refractivity contribution < 1.29 is 5.11 Å². The number of hydrogen-bond acceptors (Lipinski definition) is 1. The zero-order valence-electron chi connectivity index (χ0n) is 17.0. The minimum atomic E-state index is 0.439. The van der Waals surface area contributed by atoms with Gasteiger partial charge in [-0.25, -0.2) is 0 Å². The maximum absolute atomic E-state index is 9.85. The molecule has 26 heavy (non-hydrogen) atoms. The summed E-state index contributed by atoms with van der Waals surface area (Å²) in [6.45, 7) is 9.65. The highest BCUT2D eigenvalue weighted by Crippen LogP contribution is 2.64. The van der Waals surface area contributed by atoms with Crippen LogP contribution in [-0.2, 0) is 6.42 Å². The van der Waals surface area contributed by atoms with Gasteiger partial charge in [-0.15, -0.1) is 0 Å². The molecule has 142 valence electrons. The van der Waals surface area contributed by atoms with Gasteiger partial charge in [-0.05, 0) is 103 Å². The SMILES string of the molecule is CC(C)/C=C/[C@@H](C)[C@H]1CC[C@H]2[C@@H]3CCc4cc(O)ccc4[C@H]3CC[C@]12C. The number of benzene rings is 1. The molecule has 2 fully saturated rings. The van der Waals surface area contributed by atoms with Crippen molar-refractivity contribution in [2.24, 2.45) is 35.0 Å². The second-order valence-electron chi connectivity index (χ2n) is 10.0. The van der Waals surface area contributed by atoms with Crippen LogP contribution in [0.2, 0.25) is 0 Å². The summed E-state index contributed by atoms with van der Waals surface area (Å²) >= 11 is 0. The molecule has 1 aromatic rings. The van der Waals surface area contributed by atoms with Crippen LogP contribution < -0.4 is 0 Å². The third-order valence-electron chi connectivity index (χ3n) is 8.22. The summed E-state index contributed by atoms with van der Waals surface area (Å²) in [5.41, 5.74) is 3.49. The van der Waals surface area contributed by atoms with Gasteiger partial charge in [0.25, 0.3) is 0 Å². The van der Waals surface area contributed by atoms with Gasteiger partial charge in [-0.1, -0.05) is 45.9 Å². The average molecular weight is 353 g/mol. The molecular weight excluding hydrogens is 316 g/mol. The van der Waals surface area contributed by atoms with Crippen molar-refractivity contribution in [1.82, 2.24) is 0 Å². The summed E-state index contributed by atoms with van der Waals surface area (Å²) in [6.07, 6.45) is 13.0. The Labute approximate surface area is 159 Å². The van der Waals surface area contributed by atoms with Crippen molar-refractivity contribution in [3.05, 3.63) is 41.5 Å². The van der Waals surface area contributed by atoms with Crippen molar-refractivity contribution in [2.45, 2.75) is 72.1 Å². The molecule has 1 N–H and O–H groups in total. The van der Waals surface area contributed by atoms with E-state index in [1.165, 1.54) is 37.7 Å². The van der Waals surface area contributed by atoms with Gasteiger partial charge in [0.15, 0.2) is 0 Å². The van der Waals surface area contributed by atoms with Gasteiger partial charge in [-0.3, -0.25) is 0 Å². The third kappa shape index (κ3) is 2.92. The monoisotopic (exact) mass is 352 g/mol. The van der Waals surface area contributed by atoms with Gasteiger partial charge >= 0.3 is 0 Å². The number of hydrogen-bond donors (Lipinski definition) is 1. The second-order valence-corrected chi connectivity index (χ2v) is 10.0. The highest BCUT2D eigenvalue weighted by atomic mass is 16.3. The summed E-state index contributed by atoms with van der Waals surface area (Å²) in [7, 11) is 0. The summed E-state index contributed by atoms with van der Waals surface area (Å²) in [6, 6.07) is 6.16. The molecule has 2 saturated carbocycles. The standard InChI is InChI=1S/C25H36O/c1-16(2)5-6-17(3)23-11-12-24-22-9-7-18-15-19(26)8-10-20(18)21(22)13-14-25(23,24)4/h5-6,8,10,15-17,21-24,26H,7,9,11-14H2,1-4H3/b6-5+/t17-,21-,22-,23-,24+,25-/m1/s1. The normalized spacial score (nSPS) is 37.4. The Bertz CT molecular complexity index is 687. The Morgan fingerprint density at radius 2 is 1.88 bits per heavy atom. The zero-order valence-corrected chi connectivity index (χ0v) is 17.0. The number of allylic oxidation sites excluding steroid dienone is 2. The van der Waals surface area contributed by atoms with E-state index in [9.17, 15) is 5.11 Å². The van der Waals surface area contributed by atoms with Crippen molar-refractivity contribution in [3.8, 4) is 5.75 Å². The highest BCUT2D eigenvalue weighted by molar-refractivity contribution is 5.40. The molecule has 0 amide bonds. The predicted octanol–water partition coefficient (Wildman–Crippen LogP) is 6.71. The minimum Gasteiger partial charge on any atom is -0.508 e. The van der Waals surface area contributed by atoms with Gasteiger partial charge in [0, 0.05) is 0 Å². The lowest BCUT2D eigenvalue weighted by atomic mass is 9.53. The number of fused-ring (bicyclic) bond motifs is 5. The van der Waals surface area contributed by atoms with Crippen LogP contribution in [0.1, 0.15) is 76.8 Å². The van der Waals surface area contributed by atoms with E-state index in [0.717, 1.165) is 30.1 Å². The highest BCUT2D eigenvalue weighted by Gasteiger charge is 2.55. The molecular formula is C25H36O. The fraction of sp³-hybridized carbons (Fsp3) is 0.680. The van der Waals surface area contributed by atoms with E-state index in [2.05, 4.69) is 45.9 Å². The Kier molecular flexibility index (Phi) is 4.70. The van der Waals surface area contributed by atoms with E-state index in [-0.39, 0.29) is 0 Å². The molecule has 0 aromatic heterocycles. The molecule has 3 aliphatic rings. The second kappa shape index (κ2) is 6.73. The lowest BCUT2D eigenvalue weighted by Gasteiger charge is -2.51. The molecule has 0 heterocycles. The largest absolute Gasteiger partial charge is 0.508 e. The zero-order chi connectivity index (χ0) is 18.5. The lowest BCUT2D eigenvalue weighted by Crippen LogP contribution is -2.43. The van der Waals surface area contributed by atoms with E-state index in [0.29, 0.717) is 23.0 Å². The summed E-state index contributed by atoms with van der Waals surface area (Å²) < 4.78 is 0. The number of phenols is 1. The van der Waals surface area contributed by atoms with Crippen molar-refractivity contribution in [1.29, 1.82) is 0 Å². The third-order valence-corrected chi connectivity index (χ3v) is 8.22. The molecule has 0 saturated heterocycles. The number of rotatable bonds is 3. The molecule has 4 rings (SSSR count). The molecule has 3 aliphatic carbocycles. The van der Waals surface area contributed by atoms with Crippen molar-refractivity contribution in [3.63, 3.8) is 0 Å². The Hall–Kier alpha value is -1.24. The molecule has 0 spiro atoms. The van der Waals surface area contributed by atoms with Crippen LogP contribution in [-0.4, -0.2) is 5.11 Å². The van der Waals surface area contributed by atoms with Crippen LogP contribution in [0, 0.1) is 35.0 Å². The molecule has 1 nitrogen and oxygen atoms in total. The van der Waals surface area contributed by atoms with Gasteiger partial charge in [0.1, 0.15) is 5.75 Å². The fourth-order valence-electron chi connectivity index (χ4n) is 7.00. The minimum absolute atomic E-state index is 0.439. The first kappa shape index (κ1) is 18.1. The Morgan fingerprint density at radius 3 is 2.65 bits per heavy atom. The first-order valence-corrected chi connectivity index (χ1v) is 10.9. The first-order chi connectivity index (χ1) is 12.4. The first-order valence-electron chi connectivity index (χ1n) is 10.9. The maximum Gasteiger partial charge on any atom is 0.115 e. The van der Waals surface area contributed by atoms with E-state index in [1.807, 2.05) is 12.1 Å². The quantitative estimate of drug-likeness (QED) is 0.599. The topological polar surface area (TPSA) is 20.2 Å². The predicted molar refractivity (Wildman–Crippen MR) is 109 cm³/mol. The summed E-state index contributed by atoms with van der Waals surface area (Å²) in [5.74, 6) is 5.14. The average Bonchev–Trinajstić information content (AvgIpc) is 2.96.